The summed E-state index contributed by atoms with van der Waals surface area (Å²) in [5, 5.41) is 0. The molecule has 0 aliphatic rings. The molecule has 0 saturated heterocycles. The molecule has 76 valence electrons. The summed E-state index contributed by atoms with van der Waals surface area (Å²) in [5.41, 5.74) is 0.929. The largest absolute Gasteiger partial charge is 0.456 e. The number of aldehydes is 1. The average molecular weight is 203 g/mol. The van der Waals surface area contributed by atoms with Gasteiger partial charge in [0.1, 0.15) is 0 Å². The van der Waals surface area contributed by atoms with E-state index in [1.165, 1.54) is 12.4 Å². The zero-order valence-corrected chi connectivity index (χ0v) is 8.19. The summed E-state index contributed by atoms with van der Waals surface area (Å²) in [6, 6.07) is 1.55. The van der Waals surface area contributed by atoms with Gasteiger partial charge in [-0.15, -0.1) is 0 Å². The molecule has 4 nitrogen and oxygen atoms in total. The van der Waals surface area contributed by atoms with Crippen molar-refractivity contribution < 1.29 is 14.3 Å². The van der Waals surface area contributed by atoms with E-state index < -0.39 is 5.97 Å². The Morgan fingerprint density at radius 1 is 1.60 bits per heavy atom. The van der Waals surface area contributed by atoms with E-state index in [4.69, 9.17) is 0 Å². The number of carbonyl (C=O) groups excluding carboxylic acids is 2. The number of ether oxygens (including phenoxy) is 1. The van der Waals surface area contributed by atoms with Gasteiger partial charge in [0.25, 0.3) is 0 Å². The summed E-state index contributed by atoms with van der Waals surface area (Å²) in [6.07, 6.45) is 3.56. The Morgan fingerprint density at radius 2 is 2.40 bits per heavy atom. The molecule has 0 N–H and O–H groups in total. The van der Waals surface area contributed by atoms with Crippen LogP contribution in [-0.4, -0.2) is 23.8 Å². The summed E-state index contributed by atoms with van der Waals surface area (Å²) in [7, 11) is 0. The zero-order chi connectivity index (χ0) is 11.1. The summed E-state index contributed by atoms with van der Waals surface area (Å²) in [6.45, 7) is 1.99. The molecular formula is C11H9NO3. The fraction of sp³-hybridized carbons (Fsp3) is 0.182. The maximum Gasteiger partial charge on any atom is 0.384 e. The first-order valence-corrected chi connectivity index (χ1v) is 4.35. The van der Waals surface area contributed by atoms with Crippen molar-refractivity contribution >= 4 is 12.3 Å². The number of carbonyl (C=O) groups is 2. The quantitative estimate of drug-likeness (QED) is 0.405. The van der Waals surface area contributed by atoms with Crippen molar-refractivity contribution in [1.29, 1.82) is 0 Å². The van der Waals surface area contributed by atoms with Gasteiger partial charge < -0.3 is 4.74 Å². The first-order chi connectivity index (χ1) is 7.26. The lowest BCUT2D eigenvalue weighted by Crippen LogP contribution is -1.99. The minimum absolute atomic E-state index is 0.292. The molecule has 15 heavy (non-hydrogen) atoms. The van der Waals surface area contributed by atoms with Gasteiger partial charge in [0, 0.05) is 29.4 Å². The Morgan fingerprint density at radius 3 is 3.07 bits per heavy atom. The molecule has 4 heteroatoms. The van der Waals surface area contributed by atoms with Gasteiger partial charge in [0.05, 0.1) is 6.61 Å². The smallest absolute Gasteiger partial charge is 0.384 e. The molecule has 0 fully saturated rings. The standard InChI is InChI=1S/C11H9NO3/c1-2-15-11(14)4-3-9-5-10(8-13)7-12-6-9/h5-8H,2H2,1H3. The summed E-state index contributed by atoms with van der Waals surface area (Å²) < 4.78 is 4.62. The highest BCUT2D eigenvalue weighted by Gasteiger charge is 1.94. The molecule has 0 saturated carbocycles. The maximum atomic E-state index is 10.9. The Labute approximate surface area is 87.3 Å². The third kappa shape index (κ3) is 3.61. The first kappa shape index (κ1) is 10.9. The van der Waals surface area contributed by atoms with Crippen LogP contribution in [0.5, 0.6) is 0 Å². The predicted molar refractivity (Wildman–Crippen MR) is 53.1 cm³/mol. The van der Waals surface area contributed by atoms with Crippen LogP contribution in [0.2, 0.25) is 0 Å². The Balaban J connectivity index is 2.79. The number of rotatable bonds is 2. The molecule has 0 unspecified atom stereocenters. The van der Waals surface area contributed by atoms with Crippen LogP contribution in [0, 0.1) is 11.8 Å². The van der Waals surface area contributed by atoms with E-state index in [9.17, 15) is 9.59 Å². The predicted octanol–water partition coefficient (Wildman–Crippen LogP) is 0.809. The minimum atomic E-state index is -0.589. The molecule has 1 heterocycles. The fourth-order valence-corrected chi connectivity index (χ4v) is 0.881. The number of hydrogen-bond donors (Lipinski definition) is 0. The highest BCUT2D eigenvalue weighted by molar-refractivity contribution is 5.89. The van der Waals surface area contributed by atoms with Crippen molar-refractivity contribution in [1.82, 2.24) is 4.98 Å². The van der Waals surface area contributed by atoms with Gasteiger partial charge in [-0.25, -0.2) is 4.79 Å². The van der Waals surface area contributed by atoms with Crippen LogP contribution in [0.4, 0.5) is 0 Å². The number of pyridine rings is 1. The van der Waals surface area contributed by atoms with Crippen LogP contribution < -0.4 is 0 Å². The van der Waals surface area contributed by atoms with Crippen molar-refractivity contribution in [3.63, 3.8) is 0 Å². The van der Waals surface area contributed by atoms with Crippen LogP contribution in [0.25, 0.3) is 0 Å². The number of aromatic nitrogens is 1. The lowest BCUT2D eigenvalue weighted by atomic mass is 10.2. The lowest BCUT2D eigenvalue weighted by molar-refractivity contribution is -0.136. The van der Waals surface area contributed by atoms with Gasteiger partial charge in [-0.05, 0) is 13.0 Å². The van der Waals surface area contributed by atoms with Crippen molar-refractivity contribution in [2.45, 2.75) is 6.92 Å². The molecule has 0 aromatic carbocycles. The molecule has 0 aliphatic carbocycles. The van der Waals surface area contributed by atoms with Crippen LogP contribution >= 0.6 is 0 Å². The van der Waals surface area contributed by atoms with E-state index in [0.717, 1.165) is 0 Å². The van der Waals surface area contributed by atoms with E-state index >= 15 is 0 Å². The van der Waals surface area contributed by atoms with Gasteiger partial charge in [0.2, 0.25) is 0 Å². The van der Waals surface area contributed by atoms with Crippen molar-refractivity contribution in [2.75, 3.05) is 6.61 Å². The second-order valence-electron chi connectivity index (χ2n) is 2.60. The number of nitrogens with zero attached hydrogens (tertiary/aromatic N) is 1. The SMILES string of the molecule is CCOC(=O)C#Cc1cncc(C=O)c1. The molecule has 0 radical (unpaired) electrons. The second kappa shape index (κ2) is 5.55. The van der Waals surface area contributed by atoms with E-state index in [1.807, 2.05) is 0 Å². The summed E-state index contributed by atoms with van der Waals surface area (Å²) >= 11 is 0. The molecule has 0 spiro atoms. The third-order valence-electron chi connectivity index (χ3n) is 1.48. The lowest BCUT2D eigenvalue weighted by Gasteiger charge is -1.92. The van der Waals surface area contributed by atoms with Gasteiger partial charge in [-0.2, -0.15) is 0 Å². The molecule has 0 amide bonds. The summed E-state index contributed by atoms with van der Waals surface area (Å²) in [4.78, 5) is 25.1. The second-order valence-corrected chi connectivity index (χ2v) is 2.60. The van der Waals surface area contributed by atoms with E-state index in [2.05, 4.69) is 21.6 Å². The summed E-state index contributed by atoms with van der Waals surface area (Å²) in [5.74, 6) is 4.25. The normalized spacial score (nSPS) is 8.60. The van der Waals surface area contributed by atoms with Crippen LogP contribution in [0.3, 0.4) is 0 Å². The van der Waals surface area contributed by atoms with Crippen molar-refractivity contribution in [2.24, 2.45) is 0 Å². The van der Waals surface area contributed by atoms with E-state index in [-0.39, 0.29) is 0 Å². The highest BCUT2D eigenvalue weighted by atomic mass is 16.5. The average Bonchev–Trinajstić information content (AvgIpc) is 2.27. The molecule has 1 rings (SSSR count). The molecule has 0 aliphatic heterocycles. The van der Waals surface area contributed by atoms with E-state index in [0.29, 0.717) is 24.0 Å². The molecular weight excluding hydrogens is 194 g/mol. The number of hydrogen-bond acceptors (Lipinski definition) is 4. The zero-order valence-electron chi connectivity index (χ0n) is 8.19. The monoisotopic (exact) mass is 203 g/mol. The Hall–Kier alpha value is -2.15. The van der Waals surface area contributed by atoms with Crippen molar-refractivity contribution in [3.8, 4) is 11.8 Å². The van der Waals surface area contributed by atoms with Gasteiger partial charge in [-0.3, -0.25) is 9.78 Å². The third-order valence-corrected chi connectivity index (χ3v) is 1.48. The first-order valence-electron chi connectivity index (χ1n) is 4.35. The van der Waals surface area contributed by atoms with Crippen molar-refractivity contribution in [3.05, 3.63) is 29.6 Å². The van der Waals surface area contributed by atoms with E-state index in [1.54, 1.807) is 13.0 Å². The maximum absolute atomic E-state index is 10.9. The van der Waals surface area contributed by atoms with Gasteiger partial charge >= 0.3 is 5.97 Å². The topological polar surface area (TPSA) is 56.3 Å². The molecule has 1 aromatic rings. The van der Waals surface area contributed by atoms with Crippen LogP contribution in [-0.2, 0) is 9.53 Å². The Kier molecular flexibility index (Phi) is 4.05. The van der Waals surface area contributed by atoms with Gasteiger partial charge in [-0.1, -0.05) is 5.92 Å². The van der Waals surface area contributed by atoms with Gasteiger partial charge in [0.15, 0.2) is 6.29 Å². The fourth-order valence-electron chi connectivity index (χ4n) is 0.881. The highest BCUT2D eigenvalue weighted by Crippen LogP contribution is 1.97. The molecule has 0 atom stereocenters. The van der Waals surface area contributed by atoms with Crippen LogP contribution in [0.15, 0.2) is 18.5 Å². The molecule has 1 aromatic heterocycles. The minimum Gasteiger partial charge on any atom is -0.456 e. The van der Waals surface area contributed by atoms with Crippen LogP contribution in [0.1, 0.15) is 22.8 Å². The number of esters is 1. The Bertz CT molecular complexity index is 429. The molecule has 0 bridgehead atoms.